The zero-order chi connectivity index (χ0) is 14.7. The van der Waals surface area contributed by atoms with E-state index in [4.69, 9.17) is 0 Å². The lowest BCUT2D eigenvalue weighted by atomic mass is 10.0. The number of rotatable bonds is 5. The van der Waals surface area contributed by atoms with Crippen LogP contribution in [-0.4, -0.2) is 20.5 Å². The Morgan fingerprint density at radius 1 is 1.19 bits per heavy atom. The van der Waals surface area contributed by atoms with Crippen molar-refractivity contribution in [1.82, 2.24) is 14.8 Å². The first-order valence-electron chi connectivity index (χ1n) is 6.40. The van der Waals surface area contributed by atoms with Crippen LogP contribution in [-0.2, 0) is 6.42 Å². The molecule has 3 rings (SSSR count). The summed E-state index contributed by atoms with van der Waals surface area (Å²) in [5.74, 6) is -0.279. The van der Waals surface area contributed by atoms with Crippen LogP contribution in [0.3, 0.4) is 0 Å². The summed E-state index contributed by atoms with van der Waals surface area (Å²) in [6.45, 7) is 0. The smallest absolute Gasteiger partial charge is 0.195 e. The molecule has 0 saturated carbocycles. The molecule has 6 heteroatoms. The molecular formula is C15H12FN3OS. The lowest BCUT2D eigenvalue weighted by molar-refractivity contribution is 0.0928. The minimum absolute atomic E-state index is 0.00845. The fraction of sp³-hybridized carbons (Fsp3) is 0.133. The zero-order valence-electron chi connectivity index (χ0n) is 11.0. The Balaban J connectivity index is 1.90. The standard InChI is InChI=1S/C15H12FN3OS/c16-12-5-3-11(4-6-12)8-13(19-9-17-18-10-19)15(20)14-2-1-7-21-14/h1-7,9-10,13H,8H2. The Kier molecular flexibility index (Phi) is 3.87. The minimum Gasteiger partial charge on any atom is -0.309 e. The van der Waals surface area contributed by atoms with E-state index < -0.39 is 6.04 Å². The molecule has 3 aromatic rings. The van der Waals surface area contributed by atoms with E-state index >= 15 is 0 Å². The van der Waals surface area contributed by atoms with Gasteiger partial charge < -0.3 is 4.57 Å². The monoisotopic (exact) mass is 301 g/mol. The third-order valence-electron chi connectivity index (χ3n) is 3.21. The minimum atomic E-state index is -0.427. The maximum absolute atomic E-state index is 13.0. The van der Waals surface area contributed by atoms with Crippen LogP contribution >= 0.6 is 11.3 Å². The largest absolute Gasteiger partial charge is 0.309 e. The van der Waals surface area contributed by atoms with Crippen LogP contribution in [0, 0.1) is 5.82 Å². The number of Topliss-reactive ketones (excluding diaryl/α,β-unsaturated/α-hetero) is 1. The predicted octanol–water partition coefficient (Wildman–Crippen LogP) is 3.15. The van der Waals surface area contributed by atoms with Crippen LogP contribution < -0.4 is 0 Å². The van der Waals surface area contributed by atoms with Gasteiger partial charge in [0, 0.05) is 6.42 Å². The maximum atomic E-state index is 13.0. The molecule has 21 heavy (non-hydrogen) atoms. The quantitative estimate of drug-likeness (QED) is 0.680. The summed E-state index contributed by atoms with van der Waals surface area (Å²) < 4.78 is 14.7. The summed E-state index contributed by atoms with van der Waals surface area (Å²) in [5, 5.41) is 9.40. The topological polar surface area (TPSA) is 47.8 Å². The van der Waals surface area contributed by atoms with E-state index in [9.17, 15) is 9.18 Å². The molecule has 2 heterocycles. The lowest BCUT2D eigenvalue weighted by Crippen LogP contribution is -2.20. The molecule has 1 unspecified atom stereocenters. The van der Waals surface area contributed by atoms with Crippen LogP contribution in [0.15, 0.2) is 54.4 Å². The number of thiophene rings is 1. The molecule has 0 aliphatic heterocycles. The van der Waals surface area contributed by atoms with Crippen molar-refractivity contribution >= 4 is 17.1 Å². The van der Waals surface area contributed by atoms with Crippen LogP contribution in [0.5, 0.6) is 0 Å². The average Bonchev–Trinajstić information content (AvgIpc) is 3.19. The van der Waals surface area contributed by atoms with Crippen molar-refractivity contribution in [2.75, 3.05) is 0 Å². The van der Waals surface area contributed by atoms with Gasteiger partial charge in [-0.25, -0.2) is 4.39 Å². The van der Waals surface area contributed by atoms with Crippen molar-refractivity contribution in [3.8, 4) is 0 Å². The number of nitrogens with zero attached hydrogens (tertiary/aromatic N) is 3. The summed E-state index contributed by atoms with van der Waals surface area (Å²) in [5.41, 5.74) is 0.889. The second kappa shape index (κ2) is 5.97. The van der Waals surface area contributed by atoms with Crippen molar-refractivity contribution in [2.45, 2.75) is 12.5 Å². The van der Waals surface area contributed by atoms with Gasteiger partial charge in [-0.05, 0) is 29.1 Å². The van der Waals surface area contributed by atoms with Gasteiger partial charge in [0.05, 0.1) is 4.88 Å². The van der Waals surface area contributed by atoms with Gasteiger partial charge in [-0.2, -0.15) is 0 Å². The van der Waals surface area contributed by atoms with Gasteiger partial charge in [0.15, 0.2) is 5.78 Å². The first-order chi connectivity index (χ1) is 10.2. The van der Waals surface area contributed by atoms with Gasteiger partial charge in [0.1, 0.15) is 24.5 Å². The third-order valence-corrected chi connectivity index (χ3v) is 4.09. The Bertz CT molecular complexity index is 708. The first-order valence-corrected chi connectivity index (χ1v) is 7.28. The Hall–Kier alpha value is -2.34. The molecule has 4 nitrogen and oxygen atoms in total. The van der Waals surface area contributed by atoms with Gasteiger partial charge in [0.2, 0.25) is 0 Å². The highest BCUT2D eigenvalue weighted by Crippen LogP contribution is 2.22. The average molecular weight is 301 g/mol. The fourth-order valence-electron chi connectivity index (χ4n) is 2.13. The molecule has 106 valence electrons. The Morgan fingerprint density at radius 3 is 2.52 bits per heavy atom. The van der Waals surface area contributed by atoms with Crippen LogP contribution in [0.4, 0.5) is 4.39 Å². The van der Waals surface area contributed by atoms with Crippen molar-refractivity contribution < 1.29 is 9.18 Å². The van der Waals surface area contributed by atoms with Crippen LogP contribution in [0.2, 0.25) is 0 Å². The summed E-state index contributed by atoms with van der Waals surface area (Å²) in [7, 11) is 0. The number of halogens is 1. The first kappa shape index (κ1) is 13.6. The second-order valence-electron chi connectivity index (χ2n) is 4.60. The van der Waals surface area contributed by atoms with Crippen molar-refractivity contribution in [1.29, 1.82) is 0 Å². The predicted molar refractivity (Wildman–Crippen MR) is 77.8 cm³/mol. The molecule has 1 aromatic carbocycles. The summed E-state index contributed by atoms with van der Waals surface area (Å²) in [6, 6.07) is 9.39. The summed E-state index contributed by atoms with van der Waals surface area (Å²) in [4.78, 5) is 13.3. The maximum Gasteiger partial charge on any atom is 0.195 e. The third kappa shape index (κ3) is 3.05. The van der Waals surface area contributed by atoms with Gasteiger partial charge >= 0.3 is 0 Å². The van der Waals surface area contributed by atoms with Gasteiger partial charge in [-0.15, -0.1) is 21.5 Å². The summed E-state index contributed by atoms with van der Waals surface area (Å²) >= 11 is 1.41. The number of hydrogen-bond acceptors (Lipinski definition) is 4. The second-order valence-corrected chi connectivity index (χ2v) is 5.54. The van der Waals surface area contributed by atoms with Crippen LogP contribution in [0.1, 0.15) is 21.3 Å². The molecular weight excluding hydrogens is 289 g/mol. The highest BCUT2D eigenvalue weighted by molar-refractivity contribution is 7.12. The number of aromatic nitrogens is 3. The van der Waals surface area contributed by atoms with E-state index in [2.05, 4.69) is 10.2 Å². The normalized spacial score (nSPS) is 12.2. The van der Waals surface area contributed by atoms with Crippen molar-refractivity contribution in [3.63, 3.8) is 0 Å². The van der Waals surface area contributed by atoms with Crippen LogP contribution in [0.25, 0.3) is 0 Å². The number of carbonyl (C=O) groups is 1. The molecule has 0 saturated heterocycles. The molecule has 0 amide bonds. The molecule has 0 N–H and O–H groups in total. The molecule has 1 atom stereocenters. The molecule has 0 aliphatic carbocycles. The zero-order valence-corrected chi connectivity index (χ0v) is 11.8. The van der Waals surface area contributed by atoms with E-state index in [1.165, 1.54) is 36.1 Å². The highest BCUT2D eigenvalue weighted by Gasteiger charge is 2.23. The summed E-state index contributed by atoms with van der Waals surface area (Å²) in [6.07, 6.45) is 3.52. The molecule has 2 aromatic heterocycles. The number of benzene rings is 1. The molecule has 0 aliphatic rings. The van der Waals surface area contributed by atoms with E-state index in [1.54, 1.807) is 22.8 Å². The Labute approximate surface area is 124 Å². The molecule has 0 spiro atoms. The Morgan fingerprint density at radius 2 is 1.90 bits per heavy atom. The lowest BCUT2D eigenvalue weighted by Gasteiger charge is -2.16. The van der Waals surface area contributed by atoms with Gasteiger partial charge in [0.25, 0.3) is 0 Å². The molecule has 0 bridgehead atoms. The number of ketones is 1. The number of hydrogen-bond donors (Lipinski definition) is 0. The molecule has 0 radical (unpaired) electrons. The van der Waals surface area contributed by atoms with E-state index in [-0.39, 0.29) is 11.6 Å². The van der Waals surface area contributed by atoms with E-state index in [1.807, 2.05) is 11.4 Å². The fourth-order valence-corrected chi connectivity index (χ4v) is 2.84. The highest BCUT2D eigenvalue weighted by atomic mass is 32.1. The van der Waals surface area contributed by atoms with Crippen molar-refractivity contribution in [3.05, 3.63) is 70.7 Å². The van der Waals surface area contributed by atoms with E-state index in [0.717, 1.165) is 5.56 Å². The van der Waals surface area contributed by atoms with Gasteiger partial charge in [-0.1, -0.05) is 18.2 Å². The molecule has 0 fully saturated rings. The SMILES string of the molecule is O=C(c1cccs1)C(Cc1ccc(F)cc1)n1cnnc1. The van der Waals surface area contributed by atoms with Crippen molar-refractivity contribution in [2.24, 2.45) is 0 Å². The van der Waals surface area contributed by atoms with Gasteiger partial charge in [-0.3, -0.25) is 4.79 Å². The van der Waals surface area contributed by atoms with E-state index in [0.29, 0.717) is 11.3 Å². The number of carbonyl (C=O) groups excluding carboxylic acids is 1.